The van der Waals surface area contributed by atoms with Gasteiger partial charge in [0.1, 0.15) is 4.83 Å². The van der Waals surface area contributed by atoms with Crippen LogP contribution in [0.2, 0.25) is 0 Å². The van der Waals surface area contributed by atoms with E-state index < -0.39 is 0 Å². The van der Waals surface area contributed by atoms with Crippen LogP contribution < -0.4 is 5.56 Å². The van der Waals surface area contributed by atoms with Crippen LogP contribution in [0.3, 0.4) is 0 Å². The van der Waals surface area contributed by atoms with Crippen molar-refractivity contribution in [1.82, 2.24) is 9.55 Å². The Morgan fingerprint density at radius 2 is 2.15 bits per heavy atom. The molecule has 0 radical (unpaired) electrons. The fourth-order valence-corrected chi connectivity index (χ4v) is 5.95. The van der Waals surface area contributed by atoms with Crippen LogP contribution in [0.25, 0.3) is 15.9 Å². The summed E-state index contributed by atoms with van der Waals surface area (Å²) in [5, 5.41) is 1.70. The molecular weight excluding hydrogens is 360 g/mol. The SMILES string of the molecule is CCCCCSc1nc2sc3c(c2c(=O)n1-c1cccc(C)c1)CCC3. The first kappa shape index (κ1) is 17.8. The number of thiophene rings is 1. The van der Waals surface area contributed by atoms with Crippen LogP contribution in [-0.2, 0) is 12.8 Å². The Balaban J connectivity index is 1.87. The van der Waals surface area contributed by atoms with E-state index in [0.29, 0.717) is 0 Å². The molecule has 5 heteroatoms. The molecular formula is C21H24N2OS2. The van der Waals surface area contributed by atoms with E-state index in [-0.39, 0.29) is 5.56 Å². The molecule has 0 N–H and O–H groups in total. The molecule has 0 saturated carbocycles. The third kappa shape index (κ3) is 3.23. The molecule has 0 amide bonds. The van der Waals surface area contributed by atoms with Gasteiger partial charge in [0.15, 0.2) is 5.16 Å². The van der Waals surface area contributed by atoms with Crippen LogP contribution in [0.4, 0.5) is 0 Å². The molecule has 0 aliphatic heterocycles. The lowest BCUT2D eigenvalue weighted by Gasteiger charge is -2.13. The van der Waals surface area contributed by atoms with Gasteiger partial charge in [0, 0.05) is 10.6 Å². The minimum atomic E-state index is 0.109. The van der Waals surface area contributed by atoms with E-state index in [4.69, 9.17) is 4.98 Å². The van der Waals surface area contributed by atoms with Gasteiger partial charge in [-0.3, -0.25) is 9.36 Å². The van der Waals surface area contributed by atoms with Crippen LogP contribution in [0.5, 0.6) is 0 Å². The normalized spacial score (nSPS) is 13.5. The van der Waals surface area contributed by atoms with Crippen molar-refractivity contribution in [2.45, 2.75) is 57.5 Å². The second-order valence-corrected chi connectivity index (χ2v) is 9.11. The largest absolute Gasteiger partial charge is 0.268 e. The summed E-state index contributed by atoms with van der Waals surface area (Å²) in [6.07, 6.45) is 6.85. The summed E-state index contributed by atoms with van der Waals surface area (Å²) in [5.74, 6) is 1.00. The number of unbranched alkanes of at least 4 members (excludes halogenated alkanes) is 2. The molecule has 0 atom stereocenters. The van der Waals surface area contributed by atoms with Crippen molar-refractivity contribution < 1.29 is 0 Å². The van der Waals surface area contributed by atoms with Gasteiger partial charge in [-0.15, -0.1) is 11.3 Å². The molecule has 136 valence electrons. The van der Waals surface area contributed by atoms with Gasteiger partial charge in [-0.2, -0.15) is 0 Å². The third-order valence-electron chi connectivity index (χ3n) is 4.95. The maximum atomic E-state index is 13.5. The van der Waals surface area contributed by atoms with E-state index >= 15 is 0 Å². The Bertz CT molecular complexity index is 1000. The summed E-state index contributed by atoms with van der Waals surface area (Å²) in [6, 6.07) is 8.18. The minimum absolute atomic E-state index is 0.109. The summed E-state index contributed by atoms with van der Waals surface area (Å²) >= 11 is 3.44. The van der Waals surface area contributed by atoms with Crippen molar-refractivity contribution in [1.29, 1.82) is 0 Å². The number of hydrogen-bond acceptors (Lipinski definition) is 4. The topological polar surface area (TPSA) is 34.9 Å². The number of fused-ring (bicyclic) bond motifs is 3. The second kappa shape index (κ2) is 7.57. The fourth-order valence-electron chi connectivity index (χ4n) is 3.63. The van der Waals surface area contributed by atoms with Crippen LogP contribution >= 0.6 is 23.1 Å². The van der Waals surface area contributed by atoms with Crippen molar-refractivity contribution in [3.05, 3.63) is 50.6 Å². The molecule has 1 aliphatic rings. The smallest absolute Gasteiger partial charge is 0.267 e. The lowest BCUT2D eigenvalue weighted by Crippen LogP contribution is -2.22. The highest BCUT2D eigenvalue weighted by molar-refractivity contribution is 7.99. The van der Waals surface area contributed by atoms with Gasteiger partial charge >= 0.3 is 0 Å². The molecule has 0 fully saturated rings. The fraction of sp³-hybridized carbons (Fsp3) is 0.429. The Kier molecular flexibility index (Phi) is 5.18. The van der Waals surface area contributed by atoms with Crippen molar-refractivity contribution in [2.75, 3.05) is 5.75 Å². The Morgan fingerprint density at radius 3 is 2.96 bits per heavy atom. The van der Waals surface area contributed by atoms with Crippen molar-refractivity contribution >= 4 is 33.3 Å². The number of aromatic nitrogens is 2. The van der Waals surface area contributed by atoms with Crippen molar-refractivity contribution in [3.8, 4) is 5.69 Å². The molecule has 0 saturated heterocycles. The van der Waals surface area contributed by atoms with E-state index in [1.165, 1.54) is 23.3 Å². The van der Waals surface area contributed by atoms with Gasteiger partial charge in [0.2, 0.25) is 0 Å². The molecule has 2 heterocycles. The predicted molar refractivity (Wildman–Crippen MR) is 112 cm³/mol. The maximum Gasteiger partial charge on any atom is 0.267 e. The molecule has 3 aromatic rings. The Hall–Kier alpha value is -1.59. The molecule has 0 unspecified atom stereocenters. The molecule has 0 bridgehead atoms. The van der Waals surface area contributed by atoms with Crippen LogP contribution in [0, 0.1) is 6.92 Å². The van der Waals surface area contributed by atoms with Crippen LogP contribution in [-0.4, -0.2) is 15.3 Å². The molecule has 2 aromatic heterocycles. The second-order valence-electron chi connectivity index (χ2n) is 6.97. The summed E-state index contributed by atoms with van der Waals surface area (Å²) < 4.78 is 1.84. The summed E-state index contributed by atoms with van der Waals surface area (Å²) in [6.45, 7) is 4.28. The van der Waals surface area contributed by atoms with E-state index in [2.05, 4.69) is 26.0 Å². The van der Waals surface area contributed by atoms with Gasteiger partial charge in [-0.25, -0.2) is 4.98 Å². The zero-order valence-electron chi connectivity index (χ0n) is 15.4. The monoisotopic (exact) mass is 384 g/mol. The number of aryl methyl sites for hydroxylation is 3. The number of hydrogen-bond donors (Lipinski definition) is 0. The molecule has 3 nitrogen and oxygen atoms in total. The zero-order valence-corrected chi connectivity index (χ0v) is 17.0. The average Bonchev–Trinajstić information content (AvgIpc) is 3.19. The maximum absolute atomic E-state index is 13.5. The minimum Gasteiger partial charge on any atom is -0.268 e. The number of thioether (sulfide) groups is 1. The van der Waals surface area contributed by atoms with Crippen LogP contribution in [0.1, 0.15) is 48.6 Å². The Labute approximate surface area is 162 Å². The lowest BCUT2D eigenvalue weighted by molar-refractivity contribution is 0.772. The third-order valence-corrected chi connectivity index (χ3v) is 7.16. The molecule has 1 aliphatic carbocycles. The van der Waals surface area contributed by atoms with E-state index in [0.717, 1.165) is 58.1 Å². The van der Waals surface area contributed by atoms with E-state index in [9.17, 15) is 4.79 Å². The first-order chi connectivity index (χ1) is 12.7. The quantitative estimate of drug-likeness (QED) is 0.318. The van der Waals surface area contributed by atoms with Gasteiger partial charge < -0.3 is 0 Å². The highest BCUT2D eigenvalue weighted by Crippen LogP contribution is 2.36. The van der Waals surface area contributed by atoms with Crippen molar-refractivity contribution in [2.24, 2.45) is 0 Å². The molecule has 26 heavy (non-hydrogen) atoms. The first-order valence-corrected chi connectivity index (χ1v) is 11.3. The Morgan fingerprint density at radius 1 is 1.27 bits per heavy atom. The van der Waals surface area contributed by atoms with Gasteiger partial charge in [0.25, 0.3) is 5.56 Å². The average molecular weight is 385 g/mol. The van der Waals surface area contributed by atoms with Gasteiger partial charge in [0.05, 0.1) is 11.1 Å². The molecule has 4 rings (SSSR count). The highest BCUT2D eigenvalue weighted by atomic mass is 32.2. The highest BCUT2D eigenvalue weighted by Gasteiger charge is 2.23. The van der Waals surface area contributed by atoms with Gasteiger partial charge in [-0.05, 0) is 55.9 Å². The van der Waals surface area contributed by atoms with E-state index in [1.807, 2.05) is 16.7 Å². The van der Waals surface area contributed by atoms with Crippen LogP contribution in [0.15, 0.2) is 34.2 Å². The predicted octanol–water partition coefficient (Wildman–Crippen LogP) is 5.53. The summed E-state index contributed by atoms with van der Waals surface area (Å²) in [7, 11) is 0. The van der Waals surface area contributed by atoms with Gasteiger partial charge in [-0.1, -0.05) is 43.7 Å². The summed E-state index contributed by atoms with van der Waals surface area (Å²) in [5.41, 5.74) is 3.46. The zero-order chi connectivity index (χ0) is 18.1. The van der Waals surface area contributed by atoms with E-state index in [1.54, 1.807) is 23.1 Å². The molecule has 1 aromatic carbocycles. The lowest BCUT2D eigenvalue weighted by atomic mass is 10.2. The van der Waals surface area contributed by atoms with Crippen molar-refractivity contribution in [3.63, 3.8) is 0 Å². The summed E-state index contributed by atoms with van der Waals surface area (Å²) in [4.78, 5) is 20.7. The molecule has 0 spiro atoms. The first-order valence-electron chi connectivity index (χ1n) is 9.46. The standard InChI is InChI=1S/C21H24N2OS2/c1-3-4-5-12-25-21-22-19-18(16-10-7-11-17(16)26-19)20(24)23(21)15-9-6-8-14(2)13-15/h6,8-9,13H,3-5,7,10-12H2,1-2H3. The number of nitrogens with zero attached hydrogens (tertiary/aromatic N) is 2. The number of benzene rings is 1. The number of rotatable bonds is 6.